The smallest absolute Gasteiger partial charge is 0.234 e. The van der Waals surface area contributed by atoms with E-state index >= 15 is 0 Å². The first-order chi connectivity index (χ1) is 8.33. The van der Waals surface area contributed by atoms with Crippen LogP contribution >= 0.6 is 12.2 Å². The number of likely N-dealkylation sites (N-methyl/N-ethyl adjacent to an activating group) is 2. The molecule has 18 heavy (non-hydrogen) atoms. The van der Waals surface area contributed by atoms with Crippen LogP contribution in [-0.4, -0.2) is 42.0 Å². The maximum atomic E-state index is 11.5. The molecule has 0 atom stereocenters. The van der Waals surface area contributed by atoms with E-state index in [1.54, 1.807) is 0 Å². The molecule has 0 rings (SSSR count). The number of rotatable bonds is 9. The fourth-order valence-corrected chi connectivity index (χ4v) is 1.78. The average molecular weight is 273 g/mol. The quantitative estimate of drug-likeness (QED) is 0.626. The number of nitrogens with zero attached hydrogens (tertiary/aromatic N) is 1. The normalized spacial score (nSPS) is 11.6. The Hall–Kier alpha value is -0.680. The number of nitrogens with two attached hydrogens (primary N) is 1. The molecule has 0 fully saturated rings. The highest BCUT2D eigenvalue weighted by molar-refractivity contribution is 7.80. The van der Waals surface area contributed by atoms with Crippen molar-refractivity contribution >= 4 is 23.1 Å². The van der Waals surface area contributed by atoms with E-state index in [2.05, 4.69) is 31.0 Å². The van der Waals surface area contributed by atoms with Crippen LogP contribution in [0.25, 0.3) is 0 Å². The van der Waals surface area contributed by atoms with Crippen LogP contribution in [0.1, 0.15) is 40.5 Å². The molecular formula is C13H27N3OS. The zero-order chi connectivity index (χ0) is 14.2. The molecule has 0 aromatic carbocycles. The third kappa shape index (κ3) is 6.91. The molecule has 5 heteroatoms. The van der Waals surface area contributed by atoms with Gasteiger partial charge in [0, 0.05) is 12.0 Å². The lowest BCUT2D eigenvalue weighted by Gasteiger charge is -2.25. The molecule has 0 saturated heterocycles. The van der Waals surface area contributed by atoms with Crippen LogP contribution in [0.5, 0.6) is 0 Å². The molecule has 3 N–H and O–H groups in total. The molecule has 0 aromatic heterocycles. The van der Waals surface area contributed by atoms with Crippen molar-refractivity contribution in [3.05, 3.63) is 0 Å². The number of thiocarbonyl (C=S) groups is 1. The van der Waals surface area contributed by atoms with Crippen LogP contribution in [0.2, 0.25) is 0 Å². The first kappa shape index (κ1) is 17.3. The van der Waals surface area contributed by atoms with Crippen molar-refractivity contribution in [3.63, 3.8) is 0 Å². The van der Waals surface area contributed by atoms with Crippen molar-refractivity contribution in [1.82, 2.24) is 10.2 Å². The van der Waals surface area contributed by atoms with Gasteiger partial charge in [-0.15, -0.1) is 0 Å². The summed E-state index contributed by atoms with van der Waals surface area (Å²) in [6, 6.07) is 0. The molecule has 0 unspecified atom stereocenters. The molecular weight excluding hydrogens is 246 g/mol. The molecule has 0 aliphatic carbocycles. The largest absolute Gasteiger partial charge is 0.393 e. The summed E-state index contributed by atoms with van der Waals surface area (Å²) in [4.78, 5) is 14.2. The summed E-state index contributed by atoms with van der Waals surface area (Å²) in [7, 11) is 0. The fraction of sp³-hybridized carbons (Fsp3) is 0.846. The standard InChI is InChI=1S/C13H27N3OS/c1-5-15-11(17)10-16(6-2)9-7-8-13(3,4)12(14)18/h5-10H2,1-4H3,(H2,14,18)(H,15,17). The molecule has 0 aromatic rings. The van der Waals surface area contributed by atoms with E-state index in [1.165, 1.54) is 0 Å². The lowest BCUT2D eigenvalue weighted by Crippen LogP contribution is -2.38. The number of carbonyl (C=O) groups is 1. The number of amides is 1. The van der Waals surface area contributed by atoms with Gasteiger partial charge >= 0.3 is 0 Å². The van der Waals surface area contributed by atoms with Crippen molar-refractivity contribution in [1.29, 1.82) is 0 Å². The van der Waals surface area contributed by atoms with Crippen LogP contribution in [0.3, 0.4) is 0 Å². The van der Waals surface area contributed by atoms with Crippen molar-refractivity contribution in [2.45, 2.75) is 40.5 Å². The predicted octanol–water partition coefficient (Wildman–Crippen LogP) is 1.54. The average Bonchev–Trinajstić information content (AvgIpc) is 2.27. The maximum absolute atomic E-state index is 11.5. The second-order valence-corrected chi connectivity index (χ2v) is 5.61. The minimum Gasteiger partial charge on any atom is -0.393 e. The summed E-state index contributed by atoms with van der Waals surface area (Å²) < 4.78 is 0. The Bertz CT molecular complexity index is 279. The zero-order valence-corrected chi connectivity index (χ0v) is 12.9. The molecule has 0 aliphatic heterocycles. The van der Waals surface area contributed by atoms with Crippen molar-refractivity contribution in [2.24, 2.45) is 11.1 Å². The van der Waals surface area contributed by atoms with Gasteiger partial charge in [-0.1, -0.05) is 33.0 Å². The highest BCUT2D eigenvalue weighted by Gasteiger charge is 2.21. The van der Waals surface area contributed by atoms with Crippen molar-refractivity contribution < 1.29 is 4.79 Å². The van der Waals surface area contributed by atoms with Crippen LogP contribution in [0, 0.1) is 5.41 Å². The summed E-state index contributed by atoms with van der Waals surface area (Å²) in [6.45, 7) is 11.1. The van der Waals surface area contributed by atoms with Gasteiger partial charge in [-0.05, 0) is 32.9 Å². The Labute approximate surface area is 116 Å². The minimum atomic E-state index is -0.0968. The van der Waals surface area contributed by atoms with Crippen molar-refractivity contribution in [2.75, 3.05) is 26.2 Å². The van der Waals surface area contributed by atoms with Gasteiger partial charge in [-0.3, -0.25) is 9.69 Å². The molecule has 0 bridgehead atoms. The third-order valence-corrected chi connectivity index (χ3v) is 3.68. The van der Waals surface area contributed by atoms with Crippen LogP contribution < -0.4 is 11.1 Å². The van der Waals surface area contributed by atoms with Gasteiger partial charge < -0.3 is 11.1 Å². The van der Waals surface area contributed by atoms with Crippen molar-refractivity contribution in [3.8, 4) is 0 Å². The molecule has 4 nitrogen and oxygen atoms in total. The highest BCUT2D eigenvalue weighted by Crippen LogP contribution is 2.22. The molecule has 0 saturated carbocycles. The predicted molar refractivity (Wildman–Crippen MR) is 80.6 cm³/mol. The van der Waals surface area contributed by atoms with E-state index in [-0.39, 0.29) is 11.3 Å². The molecule has 106 valence electrons. The van der Waals surface area contributed by atoms with Gasteiger partial charge in [0.2, 0.25) is 5.91 Å². The summed E-state index contributed by atoms with van der Waals surface area (Å²) in [5.41, 5.74) is 5.60. The van der Waals surface area contributed by atoms with Crippen LogP contribution in [0.15, 0.2) is 0 Å². The van der Waals surface area contributed by atoms with Gasteiger partial charge in [0.05, 0.1) is 11.5 Å². The zero-order valence-electron chi connectivity index (χ0n) is 12.1. The molecule has 0 spiro atoms. The van der Waals surface area contributed by atoms with Gasteiger partial charge in [0.1, 0.15) is 0 Å². The number of nitrogens with one attached hydrogen (secondary N) is 1. The summed E-state index contributed by atoms with van der Waals surface area (Å²) in [6.07, 6.45) is 1.95. The van der Waals surface area contributed by atoms with E-state index in [1.807, 2.05) is 6.92 Å². The summed E-state index contributed by atoms with van der Waals surface area (Å²) in [5, 5.41) is 2.81. The Morgan fingerprint density at radius 3 is 2.44 bits per heavy atom. The topological polar surface area (TPSA) is 58.4 Å². The van der Waals surface area contributed by atoms with Gasteiger partial charge in [-0.2, -0.15) is 0 Å². The minimum absolute atomic E-state index is 0.0907. The molecule has 1 amide bonds. The third-order valence-electron chi connectivity index (χ3n) is 3.13. The Morgan fingerprint density at radius 2 is 2.00 bits per heavy atom. The van der Waals surface area contributed by atoms with E-state index < -0.39 is 0 Å². The van der Waals surface area contributed by atoms with E-state index in [0.29, 0.717) is 18.1 Å². The van der Waals surface area contributed by atoms with E-state index in [0.717, 1.165) is 25.9 Å². The van der Waals surface area contributed by atoms with Gasteiger partial charge in [0.25, 0.3) is 0 Å². The Balaban J connectivity index is 4.01. The number of carbonyl (C=O) groups excluding carboxylic acids is 1. The Kier molecular flexibility index (Phi) is 8.11. The molecule has 0 radical (unpaired) electrons. The fourth-order valence-electron chi connectivity index (χ4n) is 1.67. The van der Waals surface area contributed by atoms with E-state index in [4.69, 9.17) is 18.0 Å². The summed E-state index contributed by atoms with van der Waals surface area (Å²) >= 11 is 5.04. The lowest BCUT2D eigenvalue weighted by molar-refractivity contribution is -0.122. The highest BCUT2D eigenvalue weighted by atomic mass is 32.1. The monoisotopic (exact) mass is 273 g/mol. The first-order valence-corrected chi connectivity index (χ1v) is 7.03. The van der Waals surface area contributed by atoms with Crippen LogP contribution in [0.4, 0.5) is 0 Å². The van der Waals surface area contributed by atoms with Crippen LogP contribution in [-0.2, 0) is 4.79 Å². The van der Waals surface area contributed by atoms with Gasteiger partial charge in [0.15, 0.2) is 0 Å². The number of hydrogen-bond donors (Lipinski definition) is 2. The summed E-state index contributed by atoms with van der Waals surface area (Å²) in [5.74, 6) is 0.0907. The Morgan fingerprint density at radius 1 is 1.39 bits per heavy atom. The van der Waals surface area contributed by atoms with E-state index in [9.17, 15) is 4.79 Å². The number of hydrogen-bond acceptors (Lipinski definition) is 3. The molecule has 0 aliphatic rings. The second-order valence-electron chi connectivity index (χ2n) is 5.17. The van der Waals surface area contributed by atoms with Gasteiger partial charge in [-0.25, -0.2) is 0 Å². The maximum Gasteiger partial charge on any atom is 0.234 e. The molecule has 0 heterocycles. The first-order valence-electron chi connectivity index (χ1n) is 6.62. The lowest BCUT2D eigenvalue weighted by atomic mass is 9.88. The SMILES string of the molecule is CCNC(=O)CN(CC)CCCC(C)(C)C(N)=S. The second kappa shape index (κ2) is 8.43.